The number of morpholine rings is 1. The molecule has 8 heteroatoms. The summed E-state index contributed by atoms with van der Waals surface area (Å²) in [5.41, 5.74) is 0.786. The van der Waals surface area contributed by atoms with Gasteiger partial charge >= 0.3 is 0 Å². The van der Waals surface area contributed by atoms with Crippen molar-refractivity contribution in [3.8, 4) is 5.75 Å². The van der Waals surface area contributed by atoms with Crippen LogP contribution < -0.4 is 4.74 Å². The van der Waals surface area contributed by atoms with Crippen LogP contribution >= 0.6 is 0 Å². The highest BCUT2D eigenvalue weighted by atomic mass is 16.5. The number of aliphatic hydroxyl groups excluding tert-OH is 1. The Labute approximate surface area is 205 Å². The fourth-order valence-corrected chi connectivity index (χ4v) is 4.40. The highest BCUT2D eigenvalue weighted by Gasteiger charge is 2.42. The van der Waals surface area contributed by atoms with Crippen molar-refractivity contribution >= 4 is 17.8 Å². The van der Waals surface area contributed by atoms with E-state index in [2.05, 4.69) is 4.90 Å². The average Bonchev–Trinajstić information content (AvgIpc) is 3.49. The summed E-state index contributed by atoms with van der Waals surface area (Å²) in [6.07, 6.45) is 5.96. The van der Waals surface area contributed by atoms with E-state index in [1.165, 1.54) is 18.4 Å². The molecule has 1 amide bonds. The lowest BCUT2D eigenvalue weighted by molar-refractivity contribution is -0.129. The second-order valence-corrected chi connectivity index (χ2v) is 8.60. The Morgan fingerprint density at radius 3 is 2.77 bits per heavy atom. The molecule has 186 valence electrons. The lowest BCUT2D eigenvalue weighted by Gasteiger charge is -2.30. The number of rotatable bonds is 11. The topological polar surface area (TPSA) is 92.5 Å². The van der Waals surface area contributed by atoms with Gasteiger partial charge in [-0.25, -0.2) is 0 Å². The predicted octanol–water partition coefficient (Wildman–Crippen LogP) is 3.77. The maximum absolute atomic E-state index is 13.2. The van der Waals surface area contributed by atoms with Gasteiger partial charge in [0, 0.05) is 26.2 Å². The molecule has 8 nitrogen and oxygen atoms in total. The number of ketones is 1. The number of nitrogens with zero attached hydrogens (tertiary/aromatic N) is 2. The van der Waals surface area contributed by atoms with Crippen LogP contribution in [0.5, 0.6) is 5.75 Å². The molecule has 2 aromatic rings. The number of allylic oxidation sites excluding steroid dienone is 1. The van der Waals surface area contributed by atoms with Gasteiger partial charge in [-0.3, -0.25) is 14.5 Å². The molecule has 35 heavy (non-hydrogen) atoms. The summed E-state index contributed by atoms with van der Waals surface area (Å²) in [5, 5.41) is 10.8. The maximum Gasteiger partial charge on any atom is 0.290 e. The molecule has 0 aliphatic carbocycles. The largest absolute Gasteiger partial charge is 0.503 e. The number of ether oxygens (including phenoxy) is 2. The van der Waals surface area contributed by atoms with Gasteiger partial charge in [0.1, 0.15) is 11.5 Å². The van der Waals surface area contributed by atoms with Crippen LogP contribution in [-0.2, 0) is 14.3 Å². The fraction of sp³-hybridized carbons (Fsp3) is 0.407. The van der Waals surface area contributed by atoms with Gasteiger partial charge in [0.15, 0.2) is 11.5 Å². The number of carbonyl (C=O) groups excluding carboxylic acids is 2. The Bertz CT molecular complexity index is 1070. The minimum Gasteiger partial charge on any atom is -0.503 e. The molecule has 0 radical (unpaired) electrons. The van der Waals surface area contributed by atoms with E-state index in [1.54, 1.807) is 17.0 Å². The molecule has 2 aliphatic rings. The first kappa shape index (κ1) is 24.8. The molecule has 3 heterocycles. The summed E-state index contributed by atoms with van der Waals surface area (Å²) in [5.74, 6) is -0.305. The Balaban J connectivity index is 1.59. The molecule has 1 aromatic carbocycles. The van der Waals surface area contributed by atoms with Crippen molar-refractivity contribution in [1.29, 1.82) is 0 Å². The highest BCUT2D eigenvalue weighted by Crippen LogP contribution is 2.39. The van der Waals surface area contributed by atoms with E-state index in [9.17, 15) is 14.7 Å². The molecular formula is C27H32N2O6. The first-order chi connectivity index (χ1) is 17.1. The van der Waals surface area contributed by atoms with Crippen LogP contribution in [0.4, 0.5) is 0 Å². The van der Waals surface area contributed by atoms with Gasteiger partial charge < -0.3 is 23.9 Å². The zero-order chi connectivity index (χ0) is 24.6. The van der Waals surface area contributed by atoms with E-state index in [1.807, 2.05) is 31.2 Å². The standard InChI is InChI=1S/C27H32N2O6/c1-2-15-34-22-7-3-6-20(19-22)25-24(23(30)10-9-21-8-4-16-35-21)26(31)27(32)29(25)12-5-11-28-13-17-33-18-14-28/h3-4,6-10,16,19,25,31H,2,5,11-15,17-18H2,1H3/b10-9+/t25-/m1/s1. The van der Waals surface area contributed by atoms with Crippen LogP contribution in [0.1, 0.15) is 37.1 Å². The SMILES string of the molecule is CCCOc1cccc([C@@H]2C(C(=O)/C=C/c3ccco3)=C(O)C(=O)N2CCCN2CCOCC2)c1. The Morgan fingerprint density at radius 2 is 2.03 bits per heavy atom. The normalized spacial score (nSPS) is 19.2. The number of carbonyl (C=O) groups is 2. The predicted molar refractivity (Wildman–Crippen MR) is 131 cm³/mol. The molecule has 1 aromatic heterocycles. The Kier molecular flexibility index (Phi) is 8.39. The molecule has 4 rings (SSSR count). The molecule has 0 bridgehead atoms. The monoisotopic (exact) mass is 480 g/mol. The molecule has 0 unspecified atom stereocenters. The third-order valence-corrected chi connectivity index (χ3v) is 6.14. The number of benzene rings is 1. The van der Waals surface area contributed by atoms with Crippen molar-refractivity contribution in [2.45, 2.75) is 25.8 Å². The number of amides is 1. The van der Waals surface area contributed by atoms with Crippen LogP contribution in [-0.4, -0.2) is 72.6 Å². The summed E-state index contributed by atoms with van der Waals surface area (Å²) >= 11 is 0. The average molecular weight is 481 g/mol. The second-order valence-electron chi connectivity index (χ2n) is 8.60. The van der Waals surface area contributed by atoms with E-state index in [0.717, 1.165) is 31.6 Å². The lowest BCUT2D eigenvalue weighted by atomic mass is 9.95. The van der Waals surface area contributed by atoms with Crippen molar-refractivity contribution in [1.82, 2.24) is 9.80 Å². The van der Waals surface area contributed by atoms with Crippen molar-refractivity contribution in [3.63, 3.8) is 0 Å². The van der Waals surface area contributed by atoms with E-state index in [0.29, 0.717) is 44.3 Å². The van der Waals surface area contributed by atoms with Gasteiger partial charge in [0.05, 0.1) is 37.7 Å². The van der Waals surface area contributed by atoms with Crippen LogP contribution in [0.2, 0.25) is 0 Å². The van der Waals surface area contributed by atoms with Gasteiger partial charge in [0.2, 0.25) is 0 Å². The minimum absolute atomic E-state index is 0.0665. The summed E-state index contributed by atoms with van der Waals surface area (Å²) in [7, 11) is 0. The third kappa shape index (κ3) is 6.01. The highest BCUT2D eigenvalue weighted by molar-refractivity contribution is 6.14. The first-order valence-electron chi connectivity index (χ1n) is 12.1. The van der Waals surface area contributed by atoms with E-state index in [4.69, 9.17) is 13.9 Å². The smallest absolute Gasteiger partial charge is 0.290 e. The summed E-state index contributed by atoms with van der Waals surface area (Å²) in [4.78, 5) is 30.2. The van der Waals surface area contributed by atoms with Crippen molar-refractivity contribution in [2.75, 3.05) is 46.0 Å². The number of hydrogen-bond acceptors (Lipinski definition) is 7. The Morgan fingerprint density at radius 1 is 1.20 bits per heavy atom. The summed E-state index contributed by atoms with van der Waals surface area (Å²) in [6, 6.07) is 10.1. The molecule has 0 spiro atoms. The molecule has 0 saturated carbocycles. The van der Waals surface area contributed by atoms with Gasteiger partial charge in [-0.1, -0.05) is 19.1 Å². The fourth-order valence-electron chi connectivity index (χ4n) is 4.40. The minimum atomic E-state index is -0.703. The van der Waals surface area contributed by atoms with Gasteiger partial charge in [0.25, 0.3) is 5.91 Å². The van der Waals surface area contributed by atoms with Crippen molar-refractivity contribution in [2.24, 2.45) is 0 Å². The number of hydrogen-bond donors (Lipinski definition) is 1. The second kappa shape index (κ2) is 11.9. The number of furan rings is 1. The van der Waals surface area contributed by atoms with Crippen LogP contribution in [0.3, 0.4) is 0 Å². The molecule has 2 aliphatic heterocycles. The molecule has 1 saturated heterocycles. The van der Waals surface area contributed by atoms with E-state index in [-0.39, 0.29) is 5.57 Å². The Hall–Kier alpha value is -3.36. The van der Waals surface area contributed by atoms with E-state index < -0.39 is 23.5 Å². The van der Waals surface area contributed by atoms with Gasteiger partial charge in [-0.2, -0.15) is 0 Å². The van der Waals surface area contributed by atoms with Crippen molar-refractivity contribution < 1.29 is 28.6 Å². The molecular weight excluding hydrogens is 448 g/mol. The zero-order valence-electron chi connectivity index (χ0n) is 20.0. The quantitative estimate of drug-likeness (QED) is 0.490. The third-order valence-electron chi connectivity index (χ3n) is 6.14. The molecule has 1 fully saturated rings. The first-order valence-corrected chi connectivity index (χ1v) is 12.1. The van der Waals surface area contributed by atoms with E-state index >= 15 is 0 Å². The zero-order valence-corrected chi connectivity index (χ0v) is 20.0. The summed E-state index contributed by atoms with van der Waals surface area (Å²) < 4.78 is 16.5. The lowest BCUT2D eigenvalue weighted by Crippen LogP contribution is -2.39. The maximum atomic E-state index is 13.2. The van der Waals surface area contributed by atoms with Crippen LogP contribution in [0.25, 0.3) is 6.08 Å². The van der Waals surface area contributed by atoms with Gasteiger partial charge in [-0.05, 0) is 54.8 Å². The molecule has 1 atom stereocenters. The summed E-state index contributed by atoms with van der Waals surface area (Å²) in [6.45, 7) is 6.94. The van der Waals surface area contributed by atoms with Crippen molar-refractivity contribution in [3.05, 3.63) is 71.4 Å². The number of aliphatic hydroxyl groups is 1. The van der Waals surface area contributed by atoms with Crippen LogP contribution in [0, 0.1) is 0 Å². The molecule has 1 N–H and O–H groups in total. The van der Waals surface area contributed by atoms with Gasteiger partial charge in [-0.15, -0.1) is 0 Å². The van der Waals surface area contributed by atoms with Crippen LogP contribution in [0.15, 0.2) is 64.5 Å².